The minimum absolute atomic E-state index is 0.00169. The fourth-order valence-electron chi connectivity index (χ4n) is 1.90. The quantitative estimate of drug-likeness (QED) is 0.879. The Morgan fingerprint density at radius 3 is 2.48 bits per heavy atom. The summed E-state index contributed by atoms with van der Waals surface area (Å²) in [5, 5.41) is 9.52. The van der Waals surface area contributed by atoms with Gasteiger partial charge in [-0.2, -0.15) is 0 Å². The van der Waals surface area contributed by atoms with Gasteiger partial charge in [0.1, 0.15) is 5.82 Å². The van der Waals surface area contributed by atoms with Crippen LogP contribution < -0.4 is 0 Å². The minimum atomic E-state index is -1.15. The molecule has 0 fully saturated rings. The summed E-state index contributed by atoms with van der Waals surface area (Å²) in [5.41, 5.74) is 0.380. The fraction of sp³-hybridized carbons (Fsp3) is 0.0667. The molecule has 0 atom stereocenters. The normalized spacial score (nSPS) is 10.2. The van der Waals surface area contributed by atoms with Crippen LogP contribution in [0.2, 0.25) is 5.02 Å². The second-order valence-corrected chi connectivity index (χ2v) is 4.62. The molecule has 21 heavy (non-hydrogen) atoms. The molecule has 0 heterocycles. The van der Waals surface area contributed by atoms with Crippen LogP contribution in [0.4, 0.5) is 4.39 Å². The lowest BCUT2D eigenvalue weighted by Gasteiger charge is -2.09. The zero-order valence-corrected chi connectivity index (χ0v) is 11.6. The Bertz CT molecular complexity index is 728. The minimum Gasteiger partial charge on any atom is -0.478 e. The maximum absolute atomic E-state index is 13.6. The third-order valence-electron chi connectivity index (χ3n) is 2.89. The number of benzene rings is 2. The van der Waals surface area contributed by atoms with E-state index < -0.39 is 17.8 Å². The molecular formula is C15H10ClFO4. The number of carbonyl (C=O) groups excluding carboxylic acids is 1. The summed E-state index contributed by atoms with van der Waals surface area (Å²) in [6, 6.07) is 7.92. The first-order valence-corrected chi connectivity index (χ1v) is 6.23. The lowest BCUT2D eigenvalue weighted by molar-refractivity contribution is 0.0594. The first kappa shape index (κ1) is 15.0. The smallest absolute Gasteiger partial charge is 0.340 e. The zero-order valence-electron chi connectivity index (χ0n) is 10.9. The van der Waals surface area contributed by atoms with Crippen LogP contribution in [-0.4, -0.2) is 24.2 Å². The summed E-state index contributed by atoms with van der Waals surface area (Å²) in [6.07, 6.45) is 0. The first-order valence-electron chi connectivity index (χ1n) is 5.85. The van der Waals surface area contributed by atoms with Crippen LogP contribution in [0, 0.1) is 5.82 Å². The number of halogens is 2. The van der Waals surface area contributed by atoms with Crippen LogP contribution in [0.15, 0.2) is 36.4 Å². The lowest BCUT2D eigenvalue weighted by atomic mass is 9.98. The third kappa shape index (κ3) is 3.03. The van der Waals surface area contributed by atoms with Gasteiger partial charge >= 0.3 is 11.9 Å². The van der Waals surface area contributed by atoms with E-state index >= 15 is 0 Å². The van der Waals surface area contributed by atoms with Crippen molar-refractivity contribution in [2.75, 3.05) is 7.11 Å². The Balaban J connectivity index is 2.65. The van der Waals surface area contributed by atoms with Crippen molar-refractivity contribution in [2.24, 2.45) is 0 Å². The molecule has 2 aromatic rings. The summed E-state index contributed by atoms with van der Waals surface area (Å²) in [4.78, 5) is 22.7. The summed E-state index contributed by atoms with van der Waals surface area (Å²) in [6.45, 7) is 0. The summed E-state index contributed by atoms with van der Waals surface area (Å²) in [5.74, 6) is -2.73. The van der Waals surface area contributed by atoms with Gasteiger partial charge in [-0.25, -0.2) is 14.0 Å². The van der Waals surface area contributed by atoms with Crippen molar-refractivity contribution in [2.45, 2.75) is 0 Å². The van der Waals surface area contributed by atoms with E-state index in [0.29, 0.717) is 16.1 Å². The lowest BCUT2D eigenvalue weighted by Crippen LogP contribution is -2.05. The van der Waals surface area contributed by atoms with E-state index in [1.807, 2.05) is 0 Å². The number of carbonyl (C=O) groups is 2. The first-order chi connectivity index (χ1) is 9.93. The Kier molecular flexibility index (Phi) is 4.23. The van der Waals surface area contributed by atoms with E-state index in [-0.39, 0.29) is 11.1 Å². The number of ether oxygens (including phenoxy) is 1. The van der Waals surface area contributed by atoms with Crippen LogP contribution in [0.5, 0.6) is 0 Å². The number of hydrogen-bond donors (Lipinski definition) is 1. The zero-order chi connectivity index (χ0) is 15.6. The highest BCUT2D eigenvalue weighted by Gasteiger charge is 2.17. The van der Waals surface area contributed by atoms with Crippen LogP contribution >= 0.6 is 11.6 Å². The van der Waals surface area contributed by atoms with Gasteiger partial charge in [0.2, 0.25) is 0 Å². The largest absolute Gasteiger partial charge is 0.478 e. The van der Waals surface area contributed by atoms with Crippen molar-refractivity contribution in [3.63, 3.8) is 0 Å². The van der Waals surface area contributed by atoms with Gasteiger partial charge in [-0.3, -0.25) is 0 Å². The molecule has 0 saturated carbocycles. The molecular weight excluding hydrogens is 299 g/mol. The Hall–Kier alpha value is -2.40. The van der Waals surface area contributed by atoms with Crippen molar-refractivity contribution in [1.82, 2.24) is 0 Å². The number of methoxy groups -OCH3 is 1. The van der Waals surface area contributed by atoms with Crippen molar-refractivity contribution >= 4 is 23.5 Å². The summed E-state index contributed by atoms with van der Waals surface area (Å²) < 4.78 is 18.1. The Labute approximate surface area is 124 Å². The molecule has 0 amide bonds. The maximum atomic E-state index is 13.6. The molecule has 2 aromatic carbocycles. The Morgan fingerprint density at radius 1 is 1.14 bits per heavy atom. The van der Waals surface area contributed by atoms with Crippen molar-refractivity contribution in [3.8, 4) is 11.1 Å². The molecule has 2 rings (SSSR count). The average Bonchev–Trinajstić information content (AvgIpc) is 2.46. The third-order valence-corrected chi connectivity index (χ3v) is 3.13. The van der Waals surface area contributed by atoms with Crippen molar-refractivity contribution in [1.29, 1.82) is 0 Å². The van der Waals surface area contributed by atoms with Gasteiger partial charge in [0.25, 0.3) is 0 Å². The van der Waals surface area contributed by atoms with Crippen LogP contribution in [-0.2, 0) is 4.74 Å². The molecule has 108 valence electrons. The van der Waals surface area contributed by atoms with Crippen LogP contribution in [0.1, 0.15) is 20.7 Å². The summed E-state index contributed by atoms with van der Waals surface area (Å²) >= 11 is 5.87. The molecule has 0 bridgehead atoms. The SMILES string of the molecule is COC(=O)c1cc(-c2cc(Cl)ccc2C(=O)O)ccc1F. The number of aromatic carboxylic acids is 1. The van der Waals surface area contributed by atoms with Crippen molar-refractivity contribution in [3.05, 3.63) is 58.4 Å². The van der Waals surface area contributed by atoms with E-state index in [9.17, 15) is 19.1 Å². The van der Waals surface area contributed by atoms with Gasteiger partial charge in [0, 0.05) is 5.02 Å². The van der Waals surface area contributed by atoms with Gasteiger partial charge in [-0.05, 0) is 41.5 Å². The highest BCUT2D eigenvalue weighted by Crippen LogP contribution is 2.29. The number of carboxylic acid groups (broad SMARTS) is 1. The van der Waals surface area contributed by atoms with E-state index in [4.69, 9.17) is 11.6 Å². The summed E-state index contributed by atoms with van der Waals surface area (Å²) in [7, 11) is 1.14. The van der Waals surface area contributed by atoms with E-state index in [2.05, 4.69) is 4.74 Å². The predicted molar refractivity (Wildman–Crippen MR) is 75.1 cm³/mol. The highest BCUT2D eigenvalue weighted by atomic mass is 35.5. The van der Waals surface area contributed by atoms with E-state index in [1.54, 1.807) is 0 Å². The molecule has 0 aromatic heterocycles. The maximum Gasteiger partial charge on any atom is 0.340 e. The van der Waals surface area contributed by atoms with Gasteiger partial charge in [0.15, 0.2) is 0 Å². The number of hydrogen-bond acceptors (Lipinski definition) is 3. The molecule has 0 aliphatic heterocycles. The van der Waals surface area contributed by atoms with Crippen LogP contribution in [0.25, 0.3) is 11.1 Å². The number of esters is 1. The van der Waals surface area contributed by atoms with Crippen LogP contribution in [0.3, 0.4) is 0 Å². The molecule has 1 N–H and O–H groups in total. The van der Waals surface area contributed by atoms with E-state index in [1.165, 1.54) is 30.3 Å². The van der Waals surface area contributed by atoms with Crippen molar-refractivity contribution < 1.29 is 23.8 Å². The van der Waals surface area contributed by atoms with Gasteiger partial charge in [-0.15, -0.1) is 0 Å². The molecule has 0 aliphatic carbocycles. The molecule has 0 unspecified atom stereocenters. The van der Waals surface area contributed by atoms with Gasteiger partial charge in [-0.1, -0.05) is 17.7 Å². The molecule has 0 spiro atoms. The van der Waals surface area contributed by atoms with Gasteiger partial charge in [0.05, 0.1) is 18.2 Å². The monoisotopic (exact) mass is 308 g/mol. The molecule has 0 saturated heterocycles. The standard InChI is InChI=1S/C15H10ClFO4/c1-21-15(20)12-6-8(2-5-13(12)17)11-7-9(16)3-4-10(11)14(18)19/h2-7H,1H3,(H,18,19). The number of rotatable bonds is 3. The molecule has 0 radical (unpaired) electrons. The second kappa shape index (κ2) is 5.93. The molecule has 0 aliphatic rings. The molecule has 4 nitrogen and oxygen atoms in total. The fourth-order valence-corrected chi connectivity index (χ4v) is 2.07. The second-order valence-electron chi connectivity index (χ2n) is 4.18. The Morgan fingerprint density at radius 2 is 1.86 bits per heavy atom. The average molecular weight is 309 g/mol. The highest BCUT2D eigenvalue weighted by molar-refractivity contribution is 6.31. The predicted octanol–water partition coefficient (Wildman–Crippen LogP) is 3.63. The van der Waals surface area contributed by atoms with Gasteiger partial charge < -0.3 is 9.84 Å². The number of carboxylic acids is 1. The van der Waals surface area contributed by atoms with E-state index in [0.717, 1.165) is 13.2 Å². The molecule has 6 heteroatoms. The topological polar surface area (TPSA) is 63.6 Å².